The number of rotatable bonds is 10. The third-order valence-corrected chi connectivity index (χ3v) is 6.00. The van der Waals surface area contributed by atoms with Gasteiger partial charge in [-0.25, -0.2) is 9.97 Å². The summed E-state index contributed by atoms with van der Waals surface area (Å²) in [6, 6.07) is 4.68. The first-order valence-electron chi connectivity index (χ1n) is 11.3. The molecule has 34 heavy (non-hydrogen) atoms. The molecule has 11 heteroatoms. The first kappa shape index (κ1) is 26.3. The summed E-state index contributed by atoms with van der Waals surface area (Å²) in [6.07, 6.45) is -1.94. The smallest absolute Gasteiger partial charge is 0.395 e. The summed E-state index contributed by atoms with van der Waals surface area (Å²) in [5.41, 5.74) is -0.139. The molecule has 0 amide bonds. The van der Waals surface area contributed by atoms with Crippen molar-refractivity contribution in [1.82, 2.24) is 14.9 Å². The maximum atomic E-state index is 13.3. The largest absolute Gasteiger partial charge is 0.416 e. The van der Waals surface area contributed by atoms with Crippen LogP contribution in [0.25, 0.3) is 11.4 Å². The second-order valence-corrected chi connectivity index (χ2v) is 8.50. The molecule has 2 aromatic rings. The third-order valence-electron chi connectivity index (χ3n) is 6.00. The van der Waals surface area contributed by atoms with E-state index in [4.69, 9.17) is 0 Å². The van der Waals surface area contributed by atoms with E-state index in [-0.39, 0.29) is 24.5 Å². The monoisotopic (exact) mass is 484 g/mol. The highest BCUT2D eigenvalue weighted by molar-refractivity contribution is 5.64. The van der Waals surface area contributed by atoms with E-state index in [9.17, 15) is 33.6 Å². The van der Waals surface area contributed by atoms with Gasteiger partial charge in [0, 0.05) is 36.7 Å². The molecule has 3 rings (SSSR count). The zero-order valence-electron chi connectivity index (χ0n) is 18.7. The minimum Gasteiger partial charge on any atom is -0.395 e. The second-order valence-electron chi connectivity index (χ2n) is 8.50. The third kappa shape index (κ3) is 6.86. The molecule has 5 N–H and O–H groups in total. The highest BCUT2D eigenvalue weighted by Crippen LogP contribution is 2.34. The Labute approximate surface area is 196 Å². The summed E-state index contributed by atoms with van der Waals surface area (Å²) in [5.74, 6) is 0.221. The number of aliphatic hydroxyl groups excluding tert-OH is 4. The average molecular weight is 485 g/mol. The number of nitrogens with zero attached hydrogens (tertiary/aromatic N) is 3. The molecule has 0 aliphatic carbocycles. The Morgan fingerprint density at radius 1 is 0.971 bits per heavy atom. The van der Waals surface area contributed by atoms with Crippen molar-refractivity contribution in [3.05, 3.63) is 42.2 Å². The summed E-state index contributed by atoms with van der Waals surface area (Å²) >= 11 is 0. The number of piperidine rings is 1. The molecule has 8 nitrogen and oxygen atoms in total. The first-order chi connectivity index (χ1) is 16.2. The molecule has 1 fully saturated rings. The highest BCUT2D eigenvalue weighted by Gasteiger charge is 2.40. The first-order valence-corrected chi connectivity index (χ1v) is 11.3. The van der Waals surface area contributed by atoms with Gasteiger partial charge in [-0.05, 0) is 43.7 Å². The van der Waals surface area contributed by atoms with E-state index in [0.29, 0.717) is 18.8 Å². The minimum atomic E-state index is -4.49. The van der Waals surface area contributed by atoms with Crippen LogP contribution in [0, 0.1) is 0 Å². The fraction of sp³-hybridized carbons (Fsp3) is 0.565. The maximum absolute atomic E-state index is 13.3. The lowest BCUT2D eigenvalue weighted by atomic mass is 9.94. The van der Waals surface area contributed by atoms with Crippen molar-refractivity contribution < 1.29 is 33.6 Å². The molecule has 4 atom stereocenters. The van der Waals surface area contributed by atoms with Crippen molar-refractivity contribution >= 4 is 5.69 Å². The number of likely N-dealkylation sites (tertiary alicyclic amines) is 1. The Bertz CT molecular complexity index is 904. The topological polar surface area (TPSA) is 122 Å². The van der Waals surface area contributed by atoms with Crippen molar-refractivity contribution in [2.24, 2.45) is 0 Å². The van der Waals surface area contributed by atoms with Crippen LogP contribution in [0.15, 0.2) is 36.7 Å². The molecular weight excluding hydrogens is 453 g/mol. The molecule has 1 aliphatic heterocycles. The lowest BCUT2D eigenvalue weighted by Crippen LogP contribution is -2.62. The van der Waals surface area contributed by atoms with Crippen LogP contribution in [0.5, 0.6) is 0 Å². The molecule has 1 aliphatic rings. The Balaban J connectivity index is 1.47. The van der Waals surface area contributed by atoms with Gasteiger partial charge in [0.1, 0.15) is 12.2 Å². The van der Waals surface area contributed by atoms with Gasteiger partial charge in [0.05, 0.1) is 24.3 Å². The molecule has 0 radical (unpaired) electrons. The Morgan fingerprint density at radius 3 is 2.35 bits per heavy atom. The standard InChI is InChI=1S/C23H31F3N4O4/c24-23(25,26)16-10-15(22-28-7-5-8-29-22)11-17(12-16)27-6-3-1-2-4-9-30-13-19(32)21(34)20(33)18(30)14-31/h5,7-8,10-12,18-21,27,31-34H,1-4,6,9,13-14H2/t18-,19+,20-,21-/m1/s1. The van der Waals surface area contributed by atoms with Crippen molar-refractivity contribution in [1.29, 1.82) is 0 Å². The van der Waals surface area contributed by atoms with Crippen LogP contribution >= 0.6 is 0 Å². The van der Waals surface area contributed by atoms with Gasteiger partial charge < -0.3 is 25.7 Å². The molecule has 0 spiro atoms. The van der Waals surface area contributed by atoms with E-state index in [0.717, 1.165) is 37.8 Å². The van der Waals surface area contributed by atoms with Crippen LogP contribution in [-0.2, 0) is 6.18 Å². The number of β-amino-alcohol motifs (C(OH)–C–C–N with tert-alkyl or cyclic N) is 1. The van der Waals surface area contributed by atoms with Crippen LogP contribution in [0.2, 0.25) is 0 Å². The number of hydrogen-bond acceptors (Lipinski definition) is 8. The van der Waals surface area contributed by atoms with E-state index >= 15 is 0 Å². The van der Waals surface area contributed by atoms with Gasteiger partial charge in [0.15, 0.2) is 5.82 Å². The lowest BCUT2D eigenvalue weighted by molar-refractivity contribution is -0.145. The molecule has 1 aromatic carbocycles. The van der Waals surface area contributed by atoms with Crippen LogP contribution < -0.4 is 5.32 Å². The number of hydrogen-bond donors (Lipinski definition) is 5. The molecule has 0 saturated carbocycles. The molecule has 1 saturated heterocycles. The van der Waals surface area contributed by atoms with Gasteiger partial charge in [0.2, 0.25) is 0 Å². The zero-order valence-corrected chi connectivity index (χ0v) is 18.7. The predicted molar refractivity (Wildman–Crippen MR) is 120 cm³/mol. The molecule has 0 unspecified atom stereocenters. The fourth-order valence-corrected chi connectivity index (χ4v) is 4.13. The van der Waals surface area contributed by atoms with Gasteiger partial charge in [-0.3, -0.25) is 4.90 Å². The van der Waals surface area contributed by atoms with Crippen molar-refractivity contribution in [2.45, 2.75) is 56.2 Å². The number of aromatic nitrogens is 2. The average Bonchev–Trinajstić information content (AvgIpc) is 2.82. The minimum absolute atomic E-state index is 0.175. The van der Waals surface area contributed by atoms with E-state index in [1.54, 1.807) is 17.0 Å². The number of unbranched alkanes of at least 4 members (excludes halogenated alkanes) is 3. The van der Waals surface area contributed by atoms with Crippen molar-refractivity contribution in [3.63, 3.8) is 0 Å². The Morgan fingerprint density at radius 2 is 1.68 bits per heavy atom. The maximum Gasteiger partial charge on any atom is 0.416 e. The van der Waals surface area contributed by atoms with Gasteiger partial charge in [-0.2, -0.15) is 13.2 Å². The van der Waals surface area contributed by atoms with Crippen LogP contribution in [0.3, 0.4) is 0 Å². The highest BCUT2D eigenvalue weighted by atomic mass is 19.4. The van der Waals surface area contributed by atoms with E-state index in [2.05, 4.69) is 15.3 Å². The molecule has 188 valence electrons. The summed E-state index contributed by atoms with van der Waals surface area (Å²) in [4.78, 5) is 9.85. The normalized spacial score (nSPS) is 23.7. The predicted octanol–water partition coefficient (Wildman–Crippen LogP) is 1.89. The summed E-state index contributed by atoms with van der Waals surface area (Å²) in [7, 11) is 0. The number of halogens is 3. The van der Waals surface area contributed by atoms with Crippen LogP contribution in [0.1, 0.15) is 31.2 Å². The van der Waals surface area contributed by atoms with Crippen molar-refractivity contribution in [3.8, 4) is 11.4 Å². The number of alkyl halides is 3. The summed E-state index contributed by atoms with van der Waals surface area (Å²) in [6.45, 7) is 0.895. The van der Waals surface area contributed by atoms with E-state index in [1.165, 1.54) is 12.4 Å². The fourth-order valence-electron chi connectivity index (χ4n) is 4.13. The summed E-state index contributed by atoms with van der Waals surface area (Å²) in [5, 5.41) is 42.2. The van der Waals surface area contributed by atoms with Gasteiger partial charge in [-0.15, -0.1) is 0 Å². The van der Waals surface area contributed by atoms with Gasteiger partial charge in [0.25, 0.3) is 0 Å². The van der Waals surface area contributed by atoms with Gasteiger partial charge >= 0.3 is 6.18 Å². The van der Waals surface area contributed by atoms with Gasteiger partial charge in [-0.1, -0.05) is 12.8 Å². The summed E-state index contributed by atoms with van der Waals surface area (Å²) < 4.78 is 40.0. The zero-order chi connectivity index (χ0) is 24.7. The number of aliphatic hydroxyl groups is 4. The van der Waals surface area contributed by atoms with E-state index < -0.39 is 36.1 Å². The Hall–Kier alpha value is -2.31. The molecule has 1 aromatic heterocycles. The van der Waals surface area contributed by atoms with Crippen LogP contribution in [0.4, 0.5) is 18.9 Å². The SMILES string of the molecule is OC[C@@H]1[C@@H](O)[C@H](O)[C@@H](O)CN1CCCCCCNc1cc(-c2ncccn2)cc(C(F)(F)F)c1. The second kappa shape index (κ2) is 11.9. The number of nitrogens with one attached hydrogen (secondary N) is 1. The van der Waals surface area contributed by atoms with Crippen LogP contribution in [-0.4, -0.2) is 85.9 Å². The number of benzene rings is 1. The van der Waals surface area contributed by atoms with E-state index in [1.807, 2.05) is 0 Å². The number of anilines is 1. The Kier molecular flexibility index (Phi) is 9.20. The molecule has 0 bridgehead atoms. The lowest BCUT2D eigenvalue weighted by Gasteiger charge is -2.43. The molecular formula is C23H31F3N4O4. The molecule has 2 heterocycles. The quantitative estimate of drug-likeness (QED) is 0.324. The van der Waals surface area contributed by atoms with Crippen molar-refractivity contribution in [2.75, 3.05) is 31.6 Å².